The summed E-state index contributed by atoms with van der Waals surface area (Å²) in [4.78, 5) is 23.7. The second kappa shape index (κ2) is 6.44. The van der Waals surface area contributed by atoms with Crippen molar-refractivity contribution in [2.45, 2.75) is 46.1 Å². The Kier molecular flexibility index (Phi) is 4.66. The molecule has 3 rings (SSSR count). The largest absolute Gasteiger partial charge is 0.454 e. The van der Waals surface area contributed by atoms with Crippen LogP contribution < -0.4 is 5.43 Å². The van der Waals surface area contributed by atoms with Gasteiger partial charge in [-0.1, -0.05) is 20.8 Å². The van der Waals surface area contributed by atoms with Gasteiger partial charge in [-0.2, -0.15) is 5.10 Å². The summed E-state index contributed by atoms with van der Waals surface area (Å²) >= 11 is 0. The Morgan fingerprint density at radius 3 is 2.71 bits per heavy atom. The number of amides is 1. The maximum Gasteiger partial charge on any atom is 0.338 e. The van der Waals surface area contributed by atoms with Crippen molar-refractivity contribution in [2.24, 2.45) is 21.8 Å². The lowest BCUT2D eigenvalue weighted by Gasteiger charge is -2.34. The number of hydrazone groups is 1. The van der Waals surface area contributed by atoms with Crippen molar-refractivity contribution in [3.63, 3.8) is 0 Å². The highest BCUT2D eigenvalue weighted by Gasteiger charge is 2.60. The first-order valence-corrected chi connectivity index (χ1v) is 8.56. The molecular formula is C17H26N2O5. The summed E-state index contributed by atoms with van der Waals surface area (Å²) in [6.45, 7) is 7.42. The van der Waals surface area contributed by atoms with Crippen molar-refractivity contribution in [1.82, 2.24) is 5.43 Å². The van der Waals surface area contributed by atoms with Gasteiger partial charge in [0.2, 0.25) is 0 Å². The minimum atomic E-state index is -0.747. The molecule has 0 radical (unpaired) electrons. The van der Waals surface area contributed by atoms with Crippen molar-refractivity contribution in [3.8, 4) is 0 Å². The summed E-state index contributed by atoms with van der Waals surface area (Å²) in [5.74, 6) is -0.387. The van der Waals surface area contributed by atoms with E-state index in [4.69, 9.17) is 14.2 Å². The lowest BCUT2D eigenvalue weighted by atomic mass is 9.70. The van der Waals surface area contributed by atoms with Crippen molar-refractivity contribution in [1.29, 1.82) is 0 Å². The van der Waals surface area contributed by atoms with Crippen molar-refractivity contribution >= 4 is 17.6 Å². The van der Waals surface area contributed by atoms with Gasteiger partial charge >= 0.3 is 5.97 Å². The molecule has 3 unspecified atom stereocenters. The van der Waals surface area contributed by atoms with Crippen molar-refractivity contribution in [2.75, 3.05) is 26.4 Å². The normalized spacial score (nSPS) is 35.9. The Balaban J connectivity index is 1.48. The molecule has 1 saturated heterocycles. The standard InChI is InChI=1S/C17H26N2O5/c1-16(2)11-4-5-17(16,3)13(8-11)18-19-14(20)10-24-15(21)12-9-22-6-7-23-12/h11-12H,4-10H2,1-3H3,(H,19,20). The molecular weight excluding hydrogens is 312 g/mol. The Bertz CT molecular complexity index is 553. The fraction of sp³-hybridized carbons (Fsp3) is 0.824. The molecule has 1 aliphatic heterocycles. The fourth-order valence-electron chi connectivity index (χ4n) is 4.11. The van der Waals surface area contributed by atoms with Gasteiger partial charge < -0.3 is 14.2 Å². The van der Waals surface area contributed by atoms with E-state index in [0.29, 0.717) is 19.1 Å². The first-order chi connectivity index (χ1) is 11.3. The van der Waals surface area contributed by atoms with Crippen LogP contribution in [0.5, 0.6) is 0 Å². The maximum absolute atomic E-state index is 11.9. The van der Waals surface area contributed by atoms with Crippen LogP contribution in [0, 0.1) is 16.7 Å². The molecule has 7 heteroatoms. The molecule has 1 amide bonds. The summed E-state index contributed by atoms with van der Waals surface area (Å²) in [7, 11) is 0. The Morgan fingerprint density at radius 2 is 2.12 bits per heavy atom. The Morgan fingerprint density at radius 1 is 1.33 bits per heavy atom. The topological polar surface area (TPSA) is 86.2 Å². The van der Waals surface area contributed by atoms with Crippen molar-refractivity contribution < 1.29 is 23.8 Å². The van der Waals surface area contributed by atoms with Gasteiger partial charge in [0.25, 0.3) is 5.91 Å². The van der Waals surface area contributed by atoms with Crippen LogP contribution in [-0.2, 0) is 23.8 Å². The first-order valence-electron chi connectivity index (χ1n) is 8.56. The van der Waals surface area contributed by atoms with E-state index in [1.165, 1.54) is 6.42 Å². The van der Waals surface area contributed by atoms with Crippen LogP contribution in [-0.4, -0.2) is 50.1 Å². The quantitative estimate of drug-likeness (QED) is 0.616. The summed E-state index contributed by atoms with van der Waals surface area (Å²) in [5, 5.41) is 4.33. The Labute approximate surface area is 142 Å². The van der Waals surface area contributed by atoms with E-state index in [0.717, 1.165) is 18.6 Å². The third-order valence-corrected chi connectivity index (χ3v) is 6.25. The van der Waals surface area contributed by atoms with Gasteiger partial charge in [-0.25, -0.2) is 10.2 Å². The zero-order chi connectivity index (χ0) is 17.4. The summed E-state index contributed by atoms with van der Waals surface area (Å²) in [5.41, 5.74) is 3.83. The molecule has 3 fully saturated rings. The molecule has 1 heterocycles. The van der Waals surface area contributed by atoms with E-state index in [1.54, 1.807) is 0 Å². The number of nitrogens with one attached hydrogen (secondary N) is 1. The summed E-state index contributed by atoms with van der Waals surface area (Å²) < 4.78 is 15.3. The monoisotopic (exact) mass is 338 g/mol. The lowest BCUT2D eigenvalue weighted by molar-refractivity contribution is -0.172. The molecule has 1 N–H and O–H groups in total. The van der Waals surface area contributed by atoms with Crippen molar-refractivity contribution in [3.05, 3.63) is 0 Å². The number of esters is 1. The van der Waals surface area contributed by atoms with Gasteiger partial charge in [0.15, 0.2) is 12.7 Å². The summed E-state index contributed by atoms with van der Waals surface area (Å²) in [6, 6.07) is 0. The second-order valence-corrected chi connectivity index (χ2v) is 7.63. The van der Waals surface area contributed by atoms with E-state index < -0.39 is 18.0 Å². The second-order valence-electron chi connectivity index (χ2n) is 7.63. The number of rotatable bonds is 4. The van der Waals surface area contributed by atoms with Crippen LogP contribution in [0.3, 0.4) is 0 Å². The molecule has 7 nitrogen and oxygen atoms in total. The number of carbonyl (C=O) groups excluding carboxylic acids is 2. The third kappa shape index (κ3) is 2.95. The molecule has 24 heavy (non-hydrogen) atoms. The van der Waals surface area contributed by atoms with Crippen LogP contribution in [0.4, 0.5) is 0 Å². The minimum absolute atomic E-state index is 0.0366. The molecule has 0 aromatic heterocycles. The molecule has 0 spiro atoms. The van der Waals surface area contributed by atoms with Gasteiger partial charge in [-0.15, -0.1) is 0 Å². The van der Waals surface area contributed by atoms with Crippen LogP contribution in [0.15, 0.2) is 5.10 Å². The highest BCUT2D eigenvalue weighted by atomic mass is 16.6. The average Bonchev–Trinajstić information content (AvgIpc) is 2.91. The zero-order valence-corrected chi connectivity index (χ0v) is 14.6. The molecule has 0 aromatic rings. The molecule has 3 aliphatic rings. The predicted octanol–water partition coefficient (Wildman–Crippen LogP) is 1.26. The minimum Gasteiger partial charge on any atom is -0.454 e. The molecule has 134 valence electrons. The fourth-order valence-corrected chi connectivity index (χ4v) is 4.11. The molecule has 0 aromatic carbocycles. The van der Waals surface area contributed by atoms with Crippen LogP contribution in [0.2, 0.25) is 0 Å². The van der Waals surface area contributed by atoms with E-state index >= 15 is 0 Å². The number of ether oxygens (including phenoxy) is 3. The van der Waals surface area contributed by atoms with E-state index in [2.05, 4.69) is 31.3 Å². The SMILES string of the molecule is CC12CCC(CC1=NNC(=O)COC(=O)C1COCCO1)C2(C)C. The number of nitrogens with zero attached hydrogens (tertiary/aromatic N) is 1. The number of carbonyl (C=O) groups is 2. The van der Waals surface area contributed by atoms with Gasteiger partial charge in [0, 0.05) is 11.1 Å². The lowest BCUT2D eigenvalue weighted by Crippen LogP contribution is -2.38. The number of hydrogen-bond acceptors (Lipinski definition) is 6. The third-order valence-electron chi connectivity index (χ3n) is 6.25. The summed E-state index contributed by atoms with van der Waals surface area (Å²) in [6.07, 6.45) is 2.50. The van der Waals surface area contributed by atoms with Gasteiger partial charge in [0.1, 0.15) is 0 Å². The van der Waals surface area contributed by atoms with Gasteiger partial charge in [-0.05, 0) is 30.6 Å². The zero-order valence-electron chi connectivity index (χ0n) is 14.6. The molecule has 2 saturated carbocycles. The average molecular weight is 338 g/mol. The van der Waals surface area contributed by atoms with Crippen LogP contribution in [0.25, 0.3) is 0 Å². The van der Waals surface area contributed by atoms with Crippen LogP contribution >= 0.6 is 0 Å². The van der Waals surface area contributed by atoms with E-state index in [1.807, 2.05) is 0 Å². The Hall–Kier alpha value is -1.47. The van der Waals surface area contributed by atoms with Gasteiger partial charge in [-0.3, -0.25) is 4.79 Å². The number of fused-ring (bicyclic) bond motifs is 2. The maximum atomic E-state index is 11.9. The highest BCUT2D eigenvalue weighted by Crippen LogP contribution is 2.63. The smallest absolute Gasteiger partial charge is 0.338 e. The predicted molar refractivity (Wildman–Crippen MR) is 86.3 cm³/mol. The molecule has 2 aliphatic carbocycles. The molecule has 2 bridgehead atoms. The van der Waals surface area contributed by atoms with E-state index in [9.17, 15) is 9.59 Å². The first kappa shape index (κ1) is 17.4. The highest BCUT2D eigenvalue weighted by molar-refractivity contribution is 5.95. The van der Waals surface area contributed by atoms with Gasteiger partial charge in [0.05, 0.1) is 19.8 Å². The van der Waals surface area contributed by atoms with Crippen LogP contribution in [0.1, 0.15) is 40.0 Å². The van der Waals surface area contributed by atoms with E-state index in [-0.39, 0.29) is 24.0 Å². The molecule has 3 atom stereocenters. The number of hydrogen-bond donors (Lipinski definition) is 1.